The average molecular weight is 277 g/mol. The quantitative estimate of drug-likeness (QED) is 0.603. The largest absolute Gasteiger partial charge is 0.403 e. The highest BCUT2D eigenvalue weighted by atomic mass is 16.5. The van der Waals surface area contributed by atoms with Crippen LogP contribution in [0.2, 0.25) is 0 Å². The number of hydrogen-bond acceptors (Lipinski definition) is 6. The summed E-state index contributed by atoms with van der Waals surface area (Å²) in [5, 5.41) is 6.23. The molecule has 3 amide bonds. The highest BCUT2D eigenvalue weighted by molar-refractivity contribution is 6.07. The first-order chi connectivity index (χ1) is 9.54. The number of nitrogens with two attached hydrogens (primary N) is 1. The van der Waals surface area contributed by atoms with E-state index in [4.69, 9.17) is 10.3 Å². The summed E-state index contributed by atoms with van der Waals surface area (Å²) >= 11 is 0. The number of urea groups is 1. The van der Waals surface area contributed by atoms with Crippen molar-refractivity contribution in [2.75, 3.05) is 6.54 Å². The Balaban J connectivity index is 2.10. The van der Waals surface area contributed by atoms with Crippen LogP contribution in [-0.4, -0.2) is 34.8 Å². The van der Waals surface area contributed by atoms with E-state index in [9.17, 15) is 9.59 Å². The molecule has 0 radical (unpaired) electrons. The number of carbonyl (C=O) groups is 2. The number of rotatable bonds is 4. The lowest BCUT2D eigenvalue weighted by atomic mass is 10.2. The summed E-state index contributed by atoms with van der Waals surface area (Å²) in [4.78, 5) is 28.2. The molecule has 0 spiro atoms. The van der Waals surface area contributed by atoms with Crippen LogP contribution in [0, 0.1) is 13.8 Å². The third kappa shape index (κ3) is 2.53. The summed E-state index contributed by atoms with van der Waals surface area (Å²) in [7, 11) is 0. The summed E-state index contributed by atoms with van der Waals surface area (Å²) < 4.78 is 5.02. The van der Waals surface area contributed by atoms with Crippen molar-refractivity contribution in [1.82, 2.24) is 15.4 Å². The zero-order valence-electron chi connectivity index (χ0n) is 11.2. The van der Waals surface area contributed by atoms with Crippen LogP contribution < -0.4 is 11.1 Å². The van der Waals surface area contributed by atoms with Crippen molar-refractivity contribution in [3.05, 3.63) is 28.9 Å². The Morgan fingerprint density at radius 1 is 1.55 bits per heavy atom. The van der Waals surface area contributed by atoms with E-state index in [0.29, 0.717) is 12.3 Å². The molecule has 0 unspecified atom stereocenters. The minimum atomic E-state index is -0.504. The second-order valence-electron chi connectivity index (χ2n) is 4.25. The number of allylic oxidation sites excluding steroid dienone is 1. The molecule has 1 fully saturated rings. The fraction of sp³-hybridized carbons (Fsp3) is 0.333. The maximum atomic E-state index is 11.5. The van der Waals surface area contributed by atoms with Crippen LogP contribution in [0.5, 0.6) is 0 Å². The van der Waals surface area contributed by atoms with Gasteiger partial charge in [-0.1, -0.05) is 5.16 Å². The summed E-state index contributed by atoms with van der Waals surface area (Å²) in [6, 6.07) is -0.504. The van der Waals surface area contributed by atoms with Gasteiger partial charge in [0.05, 0.1) is 24.5 Å². The Kier molecular flexibility index (Phi) is 3.83. The lowest BCUT2D eigenvalue weighted by Crippen LogP contribution is -2.31. The van der Waals surface area contributed by atoms with E-state index in [1.54, 1.807) is 6.92 Å². The summed E-state index contributed by atoms with van der Waals surface area (Å²) in [6.07, 6.45) is 2.55. The van der Waals surface area contributed by atoms with Crippen LogP contribution in [0.15, 0.2) is 21.4 Å². The molecular formula is C12H15N5O3. The SMILES string of the molecule is Cc1noc(C)c1CN=CC(=CN)N1C(=O)CNC1=O. The lowest BCUT2D eigenvalue weighted by Gasteiger charge is -2.11. The van der Waals surface area contributed by atoms with Gasteiger partial charge < -0.3 is 15.6 Å². The third-order valence-electron chi connectivity index (χ3n) is 2.93. The molecule has 0 saturated carbocycles. The zero-order chi connectivity index (χ0) is 14.7. The molecule has 0 aliphatic carbocycles. The number of nitrogens with zero attached hydrogens (tertiary/aromatic N) is 3. The minimum Gasteiger partial charge on any atom is -0.403 e. The summed E-state index contributed by atoms with van der Waals surface area (Å²) in [5.41, 5.74) is 7.30. The van der Waals surface area contributed by atoms with Gasteiger partial charge in [0.1, 0.15) is 5.76 Å². The Bertz CT molecular complexity index is 567. The molecule has 0 bridgehead atoms. The molecule has 0 atom stereocenters. The normalized spacial score (nSPS) is 16.3. The van der Waals surface area contributed by atoms with Gasteiger partial charge in [0, 0.05) is 18.0 Å². The van der Waals surface area contributed by atoms with E-state index < -0.39 is 6.03 Å². The lowest BCUT2D eigenvalue weighted by molar-refractivity contribution is -0.123. The highest BCUT2D eigenvalue weighted by Crippen LogP contribution is 2.13. The maximum Gasteiger partial charge on any atom is 0.329 e. The molecule has 3 N–H and O–H groups in total. The molecule has 106 valence electrons. The molecule has 0 aromatic carbocycles. The van der Waals surface area contributed by atoms with Crippen LogP contribution in [0.4, 0.5) is 4.79 Å². The predicted octanol–water partition coefficient (Wildman–Crippen LogP) is 0.214. The zero-order valence-corrected chi connectivity index (χ0v) is 11.2. The molecule has 20 heavy (non-hydrogen) atoms. The first kappa shape index (κ1) is 13.8. The standard InChI is InChI=1S/C12H15N5O3/c1-7-10(8(2)20-16-7)5-14-4-9(3-13)17-11(18)6-15-12(17)19/h3-4H,5-6,13H2,1-2H3,(H,15,19). The number of nitrogens with one attached hydrogen (secondary N) is 1. The molecule has 8 heteroatoms. The smallest absolute Gasteiger partial charge is 0.329 e. The second-order valence-corrected chi connectivity index (χ2v) is 4.25. The van der Waals surface area contributed by atoms with E-state index in [1.165, 1.54) is 12.4 Å². The summed E-state index contributed by atoms with van der Waals surface area (Å²) in [6.45, 7) is 3.91. The molecule has 1 aromatic heterocycles. The van der Waals surface area contributed by atoms with Gasteiger partial charge in [-0.3, -0.25) is 9.79 Å². The number of imide groups is 1. The van der Waals surface area contributed by atoms with Crippen molar-refractivity contribution < 1.29 is 14.1 Å². The van der Waals surface area contributed by atoms with E-state index in [2.05, 4.69) is 15.5 Å². The van der Waals surface area contributed by atoms with E-state index in [0.717, 1.165) is 16.2 Å². The fourth-order valence-corrected chi connectivity index (χ4v) is 1.82. The van der Waals surface area contributed by atoms with Gasteiger partial charge >= 0.3 is 6.03 Å². The van der Waals surface area contributed by atoms with Gasteiger partial charge in [-0.25, -0.2) is 9.69 Å². The monoisotopic (exact) mass is 277 g/mol. The van der Waals surface area contributed by atoms with Crippen molar-refractivity contribution in [2.45, 2.75) is 20.4 Å². The molecular weight excluding hydrogens is 262 g/mol. The van der Waals surface area contributed by atoms with Crippen LogP contribution in [0.1, 0.15) is 17.0 Å². The van der Waals surface area contributed by atoms with Crippen molar-refractivity contribution in [3.63, 3.8) is 0 Å². The topological polar surface area (TPSA) is 114 Å². The van der Waals surface area contributed by atoms with Gasteiger partial charge in [0.25, 0.3) is 5.91 Å². The number of aliphatic imine (C=N–C) groups is 1. The van der Waals surface area contributed by atoms with Crippen LogP contribution in [-0.2, 0) is 11.3 Å². The number of aromatic nitrogens is 1. The fourth-order valence-electron chi connectivity index (χ4n) is 1.82. The molecule has 1 saturated heterocycles. The second kappa shape index (κ2) is 5.55. The maximum absolute atomic E-state index is 11.5. The van der Waals surface area contributed by atoms with Gasteiger partial charge in [-0.05, 0) is 13.8 Å². The third-order valence-corrected chi connectivity index (χ3v) is 2.93. The summed E-state index contributed by atoms with van der Waals surface area (Å²) in [5.74, 6) is 0.323. The minimum absolute atomic E-state index is 0.0338. The van der Waals surface area contributed by atoms with Gasteiger partial charge in [-0.15, -0.1) is 0 Å². The number of carbonyl (C=O) groups excluding carboxylic acids is 2. The Labute approximate surface area is 115 Å². The molecule has 1 aromatic rings. The Morgan fingerprint density at radius 3 is 2.80 bits per heavy atom. The van der Waals surface area contributed by atoms with Crippen LogP contribution in [0.25, 0.3) is 0 Å². The van der Waals surface area contributed by atoms with Gasteiger partial charge in [0.15, 0.2) is 0 Å². The molecule has 8 nitrogen and oxygen atoms in total. The van der Waals surface area contributed by atoms with Crippen LogP contribution in [0.3, 0.4) is 0 Å². The van der Waals surface area contributed by atoms with E-state index >= 15 is 0 Å². The van der Waals surface area contributed by atoms with E-state index in [1.807, 2.05) is 6.92 Å². The van der Waals surface area contributed by atoms with Crippen molar-refractivity contribution in [3.8, 4) is 0 Å². The average Bonchev–Trinajstić information content (AvgIpc) is 2.91. The molecule has 2 heterocycles. The number of hydrogen-bond donors (Lipinski definition) is 2. The van der Waals surface area contributed by atoms with E-state index in [-0.39, 0.29) is 18.1 Å². The molecule has 2 rings (SSSR count). The predicted molar refractivity (Wildman–Crippen MR) is 70.7 cm³/mol. The van der Waals surface area contributed by atoms with Crippen LogP contribution >= 0.6 is 0 Å². The Morgan fingerprint density at radius 2 is 2.30 bits per heavy atom. The number of amides is 3. The first-order valence-corrected chi connectivity index (χ1v) is 5.99. The van der Waals surface area contributed by atoms with Crippen molar-refractivity contribution >= 4 is 18.2 Å². The molecule has 1 aliphatic rings. The number of aryl methyl sites for hydroxylation is 2. The van der Waals surface area contributed by atoms with Crippen molar-refractivity contribution in [2.24, 2.45) is 10.7 Å². The highest BCUT2D eigenvalue weighted by Gasteiger charge is 2.30. The molecule has 1 aliphatic heterocycles. The Hall–Kier alpha value is -2.64. The van der Waals surface area contributed by atoms with Gasteiger partial charge in [0.2, 0.25) is 0 Å². The van der Waals surface area contributed by atoms with Crippen molar-refractivity contribution in [1.29, 1.82) is 0 Å². The first-order valence-electron chi connectivity index (χ1n) is 5.99. The van der Waals surface area contributed by atoms with Gasteiger partial charge in [-0.2, -0.15) is 0 Å².